The lowest BCUT2D eigenvalue weighted by molar-refractivity contribution is -0.158. The van der Waals surface area contributed by atoms with Gasteiger partial charge in [-0.25, -0.2) is 13.6 Å². The molecule has 2 N–H and O–H groups in total. The Morgan fingerprint density at radius 3 is 2.59 bits per heavy atom. The molecule has 2 amide bonds. The standard InChI is InChI=1S/C30H26BrClF2N2O5/c1-4-40-28(39)29(2,3)41-24-10-5-15(31)11-18(24)21-14-25(37)36-26(19-13-17(33)7-9-22(19)34)30(21)20-8-6-16(32)12-23(20)35-27(30)38/h5-13,21,26H,4,14H2,1-3H3,(H,35,38)(H,36,37)/t21-,26+,30-/m1/s1. The summed E-state index contributed by atoms with van der Waals surface area (Å²) < 4.78 is 41.9. The van der Waals surface area contributed by atoms with Crippen LogP contribution in [0.5, 0.6) is 5.75 Å². The summed E-state index contributed by atoms with van der Waals surface area (Å²) in [4.78, 5) is 40.2. The molecule has 41 heavy (non-hydrogen) atoms. The summed E-state index contributed by atoms with van der Waals surface area (Å²) in [5.41, 5.74) is -2.04. The predicted octanol–water partition coefficient (Wildman–Crippen LogP) is 6.34. The molecule has 7 nitrogen and oxygen atoms in total. The number of nitrogens with one attached hydrogen (secondary N) is 2. The van der Waals surface area contributed by atoms with E-state index in [1.807, 2.05) is 0 Å². The van der Waals surface area contributed by atoms with Crippen molar-refractivity contribution in [2.75, 3.05) is 11.9 Å². The number of hydrogen-bond donors (Lipinski definition) is 2. The van der Waals surface area contributed by atoms with Crippen molar-refractivity contribution in [1.82, 2.24) is 5.32 Å². The average molecular weight is 648 g/mol. The van der Waals surface area contributed by atoms with E-state index in [2.05, 4.69) is 26.6 Å². The third-order valence-electron chi connectivity index (χ3n) is 7.50. The number of amides is 2. The van der Waals surface area contributed by atoms with Gasteiger partial charge in [-0.1, -0.05) is 33.6 Å². The van der Waals surface area contributed by atoms with Crippen LogP contribution in [0.25, 0.3) is 0 Å². The lowest BCUT2D eigenvalue weighted by atomic mass is 9.59. The molecular weight excluding hydrogens is 622 g/mol. The Kier molecular flexibility index (Phi) is 7.59. The predicted molar refractivity (Wildman–Crippen MR) is 152 cm³/mol. The molecule has 0 unspecified atom stereocenters. The maximum atomic E-state index is 15.4. The maximum Gasteiger partial charge on any atom is 0.349 e. The maximum absolute atomic E-state index is 15.4. The van der Waals surface area contributed by atoms with E-state index in [0.29, 0.717) is 26.3 Å². The number of benzene rings is 3. The molecule has 1 fully saturated rings. The summed E-state index contributed by atoms with van der Waals surface area (Å²) in [6.07, 6.45) is -0.199. The van der Waals surface area contributed by atoms with E-state index in [0.717, 1.165) is 18.2 Å². The second kappa shape index (κ2) is 10.7. The van der Waals surface area contributed by atoms with Crippen LogP contribution in [-0.4, -0.2) is 30.0 Å². The van der Waals surface area contributed by atoms with Gasteiger partial charge >= 0.3 is 5.97 Å². The molecule has 214 valence electrons. The molecular formula is C30H26BrClF2N2O5. The lowest BCUT2D eigenvalue weighted by Crippen LogP contribution is -2.57. The molecule has 3 aromatic rings. The third-order valence-corrected chi connectivity index (χ3v) is 8.23. The van der Waals surface area contributed by atoms with Gasteiger partial charge in [0, 0.05) is 38.6 Å². The minimum absolute atomic E-state index is 0.144. The van der Waals surface area contributed by atoms with Crippen LogP contribution in [0.4, 0.5) is 14.5 Å². The minimum Gasteiger partial charge on any atom is -0.476 e. The number of carbonyl (C=O) groups excluding carboxylic acids is 3. The highest BCUT2D eigenvalue weighted by Gasteiger charge is 2.62. The summed E-state index contributed by atoms with van der Waals surface area (Å²) in [5.74, 6) is -3.88. The van der Waals surface area contributed by atoms with Crippen LogP contribution >= 0.6 is 27.5 Å². The topological polar surface area (TPSA) is 93.7 Å². The fourth-order valence-corrected chi connectivity index (χ4v) is 6.31. The highest BCUT2D eigenvalue weighted by atomic mass is 79.9. The summed E-state index contributed by atoms with van der Waals surface area (Å²) >= 11 is 9.72. The van der Waals surface area contributed by atoms with Crippen molar-refractivity contribution in [2.24, 2.45) is 0 Å². The summed E-state index contributed by atoms with van der Waals surface area (Å²) in [5, 5.41) is 5.97. The Labute approximate surface area is 248 Å². The Morgan fingerprint density at radius 1 is 1.10 bits per heavy atom. The molecule has 1 saturated heterocycles. The van der Waals surface area contributed by atoms with Crippen LogP contribution in [0, 0.1) is 11.6 Å². The number of piperidine rings is 1. The normalized spacial score (nSPS) is 21.7. The van der Waals surface area contributed by atoms with Crippen molar-refractivity contribution < 1.29 is 32.6 Å². The Morgan fingerprint density at radius 2 is 1.85 bits per heavy atom. The third kappa shape index (κ3) is 4.97. The van der Waals surface area contributed by atoms with Crippen molar-refractivity contribution in [3.63, 3.8) is 0 Å². The second-order valence-electron chi connectivity index (χ2n) is 10.5. The largest absolute Gasteiger partial charge is 0.476 e. The zero-order valence-corrected chi connectivity index (χ0v) is 24.7. The van der Waals surface area contributed by atoms with Crippen molar-refractivity contribution in [2.45, 2.75) is 50.2 Å². The lowest BCUT2D eigenvalue weighted by Gasteiger charge is -2.46. The summed E-state index contributed by atoms with van der Waals surface area (Å²) in [6, 6.07) is 11.4. The van der Waals surface area contributed by atoms with E-state index in [1.54, 1.807) is 57.2 Å². The van der Waals surface area contributed by atoms with Crippen molar-refractivity contribution in [3.8, 4) is 5.75 Å². The fraction of sp³-hybridized carbons (Fsp3) is 0.300. The van der Waals surface area contributed by atoms with Gasteiger partial charge < -0.3 is 20.1 Å². The average Bonchev–Trinajstić information content (AvgIpc) is 3.18. The Balaban J connectivity index is 1.78. The van der Waals surface area contributed by atoms with Crippen LogP contribution in [0.1, 0.15) is 55.8 Å². The number of ether oxygens (including phenoxy) is 2. The first-order valence-corrected chi connectivity index (χ1v) is 14.1. The van der Waals surface area contributed by atoms with E-state index < -0.39 is 52.4 Å². The number of carbonyl (C=O) groups is 3. The molecule has 3 atom stereocenters. The first-order chi connectivity index (χ1) is 19.4. The van der Waals surface area contributed by atoms with E-state index in [-0.39, 0.29) is 24.3 Å². The fourth-order valence-electron chi connectivity index (χ4n) is 5.76. The van der Waals surface area contributed by atoms with E-state index >= 15 is 4.39 Å². The molecule has 0 bridgehead atoms. The molecule has 0 saturated carbocycles. The van der Waals surface area contributed by atoms with Gasteiger partial charge in [0.2, 0.25) is 11.8 Å². The smallest absolute Gasteiger partial charge is 0.349 e. The van der Waals surface area contributed by atoms with E-state index in [9.17, 15) is 18.8 Å². The highest BCUT2D eigenvalue weighted by Crippen LogP contribution is 2.59. The van der Waals surface area contributed by atoms with Crippen LogP contribution in [0.3, 0.4) is 0 Å². The molecule has 2 heterocycles. The Bertz CT molecular complexity index is 1580. The number of rotatable bonds is 6. The molecule has 2 aliphatic heterocycles. The molecule has 1 spiro atoms. The van der Waals surface area contributed by atoms with Crippen molar-refractivity contribution in [3.05, 3.63) is 92.4 Å². The van der Waals surface area contributed by atoms with Gasteiger partial charge in [-0.3, -0.25) is 9.59 Å². The molecule has 0 aromatic heterocycles. The molecule has 2 aliphatic rings. The van der Waals surface area contributed by atoms with E-state index in [4.69, 9.17) is 21.1 Å². The number of anilines is 1. The number of fused-ring (bicyclic) bond motifs is 2. The Hall–Kier alpha value is -3.50. The van der Waals surface area contributed by atoms with E-state index in [1.165, 1.54) is 0 Å². The quantitative estimate of drug-likeness (QED) is 0.305. The van der Waals surface area contributed by atoms with Gasteiger partial charge in [0.05, 0.1) is 12.6 Å². The van der Waals surface area contributed by atoms with Crippen LogP contribution in [0.2, 0.25) is 5.02 Å². The highest BCUT2D eigenvalue weighted by molar-refractivity contribution is 9.10. The molecule has 5 rings (SSSR count). The van der Waals surface area contributed by atoms with Gasteiger partial charge in [-0.2, -0.15) is 0 Å². The van der Waals surface area contributed by atoms with Crippen LogP contribution in [0.15, 0.2) is 59.1 Å². The van der Waals surface area contributed by atoms with Crippen molar-refractivity contribution in [1.29, 1.82) is 0 Å². The number of halogens is 4. The van der Waals surface area contributed by atoms with Crippen molar-refractivity contribution >= 4 is 51.0 Å². The molecule has 0 aliphatic carbocycles. The molecule has 0 radical (unpaired) electrons. The molecule has 3 aromatic carbocycles. The SMILES string of the molecule is CCOC(=O)C(C)(C)Oc1ccc(Br)cc1[C@H]1CC(=O)N[C@@H](c2cc(F)ccc2F)[C@]12C(=O)Nc1cc(Cl)ccc12. The summed E-state index contributed by atoms with van der Waals surface area (Å²) in [7, 11) is 0. The number of hydrogen-bond acceptors (Lipinski definition) is 5. The van der Waals surface area contributed by atoms with Gasteiger partial charge in [-0.15, -0.1) is 0 Å². The second-order valence-corrected chi connectivity index (χ2v) is 11.8. The zero-order valence-electron chi connectivity index (χ0n) is 22.3. The van der Waals surface area contributed by atoms with Crippen LogP contribution in [-0.2, 0) is 24.5 Å². The molecule has 11 heteroatoms. The minimum atomic E-state index is -1.66. The first kappa shape index (κ1) is 29.0. The van der Waals surface area contributed by atoms with Crippen LogP contribution < -0.4 is 15.4 Å². The zero-order chi connectivity index (χ0) is 29.7. The van der Waals surface area contributed by atoms with Gasteiger partial charge in [-0.05, 0) is 74.9 Å². The monoisotopic (exact) mass is 646 g/mol. The summed E-state index contributed by atoms with van der Waals surface area (Å²) in [6.45, 7) is 4.91. The first-order valence-electron chi connectivity index (χ1n) is 12.9. The van der Waals surface area contributed by atoms with Gasteiger partial charge in [0.25, 0.3) is 0 Å². The van der Waals surface area contributed by atoms with Gasteiger partial charge in [0.1, 0.15) is 22.8 Å². The number of esters is 1. The van der Waals surface area contributed by atoms with Gasteiger partial charge in [0.15, 0.2) is 5.60 Å².